The van der Waals surface area contributed by atoms with Crippen molar-refractivity contribution in [2.75, 3.05) is 5.75 Å². The summed E-state index contributed by atoms with van der Waals surface area (Å²) in [5, 5.41) is 8.09. The minimum absolute atomic E-state index is 0.0606. The van der Waals surface area contributed by atoms with Crippen LogP contribution in [-0.2, 0) is 21.2 Å². The highest BCUT2D eigenvalue weighted by Gasteiger charge is 2.23. The van der Waals surface area contributed by atoms with Crippen LogP contribution in [0.3, 0.4) is 0 Å². The largest absolute Gasteiger partial charge is 0.347 e. The van der Waals surface area contributed by atoms with Crippen molar-refractivity contribution in [3.63, 3.8) is 0 Å². The van der Waals surface area contributed by atoms with E-state index in [0.717, 1.165) is 22.4 Å². The van der Waals surface area contributed by atoms with Crippen LogP contribution in [0, 0.1) is 20.8 Å². The molecule has 0 radical (unpaired) electrons. The number of hydrogen-bond acceptors (Lipinski definition) is 4. The van der Waals surface area contributed by atoms with Crippen LogP contribution in [0.15, 0.2) is 11.5 Å². The highest BCUT2D eigenvalue weighted by Crippen LogP contribution is 2.11. The van der Waals surface area contributed by atoms with Gasteiger partial charge in [-0.25, -0.2) is 8.42 Å². The van der Waals surface area contributed by atoms with Crippen LogP contribution in [-0.4, -0.2) is 35.9 Å². The van der Waals surface area contributed by atoms with E-state index in [4.69, 9.17) is 0 Å². The molecule has 104 valence electrons. The Morgan fingerprint density at radius 1 is 1.47 bits per heavy atom. The Morgan fingerprint density at radius 3 is 2.63 bits per heavy atom. The molecule has 0 fully saturated rings. The van der Waals surface area contributed by atoms with Crippen molar-refractivity contribution in [1.82, 2.24) is 15.1 Å². The number of sulfone groups is 1. The van der Waals surface area contributed by atoms with Gasteiger partial charge in [0.15, 0.2) is 9.84 Å². The van der Waals surface area contributed by atoms with Crippen LogP contribution >= 0.6 is 0 Å². The number of carbonyl (C=O) groups excluding carboxylic acids is 1. The maximum absolute atomic E-state index is 11.9. The van der Waals surface area contributed by atoms with Crippen LogP contribution < -0.4 is 5.32 Å². The molecule has 1 amide bonds. The maximum Gasteiger partial charge on any atom is 0.242 e. The summed E-state index contributed by atoms with van der Waals surface area (Å²) in [6.45, 7) is 5.86. The lowest BCUT2D eigenvalue weighted by molar-refractivity contribution is -0.122. The average molecular weight is 283 g/mol. The third-order valence-corrected chi connectivity index (χ3v) is 4.71. The molecule has 0 aliphatic carbocycles. The molecule has 0 spiro atoms. The molecule has 7 heteroatoms. The number of hydrogen-bond donors (Lipinski definition) is 1. The van der Waals surface area contributed by atoms with Crippen molar-refractivity contribution in [2.24, 2.45) is 0 Å². The molecule has 0 saturated carbocycles. The number of aromatic nitrogens is 2. The maximum atomic E-state index is 11.9. The summed E-state index contributed by atoms with van der Waals surface area (Å²) in [5.41, 5.74) is 2.91. The molecule has 0 unspecified atom stereocenters. The first kappa shape index (κ1) is 13.8. The molecule has 0 saturated heterocycles. The predicted molar refractivity (Wildman–Crippen MR) is 71.3 cm³/mol. The number of aryl methyl sites for hydroxylation is 1. The van der Waals surface area contributed by atoms with Crippen molar-refractivity contribution < 1.29 is 13.2 Å². The molecule has 6 nitrogen and oxygen atoms in total. The van der Waals surface area contributed by atoms with Gasteiger partial charge in [-0.2, -0.15) is 5.10 Å². The molecule has 1 aromatic heterocycles. The molecule has 19 heavy (non-hydrogen) atoms. The number of nitrogens with zero attached hydrogens (tertiary/aromatic N) is 2. The van der Waals surface area contributed by atoms with Gasteiger partial charge in [-0.1, -0.05) is 0 Å². The first-order valence-electron chi connectivity index (χ1n) is 5.99. The zero-order valence-corrected chi connectivity index (χ0v) is 12.0. The number of nitrogens with one attached hydrogen (secondary N) is 1. The molecule has 1 aliphatic heterocycles. The fraction of sp³-hybridized carbons (Fsp3) is 0.500. The van der Waals surface area contributed by atoms with E-state index in [0.29, 0.717) is 0 Å². The van der Waals surface area contributed by atoms with E-state index in [1.807, 2.05) is 20.8 Å². The van der Waals surface area contributed by atoms with Crippen LogP contribution in [0.25, 0.3) is 0 Å². The van der Waals surface area contributed by atoms with Gasteiger partial charge in [0.05, 0.1) is 17.5 Å². The second-order valence-electron chi connectivity index (χ2n) is 4.79. The first-order chi connectivity index (χ1) is 8.78. The molecule has 1 N–H and O–H groups in total. The smallest absolute Gasteiger partial charge is 0.242 e. The molecule has 1 aliphatic rings. The molecule has 2 heterocycles. The van der Waals surface area contributed by atoms with Gasteiger partial charge in [0.2, 0.25) is 5.91 Å². The summed E-state index contributed by atoms with van der Waals surface area (Å²) >= 11 is 0. The number of carbonyl (C=O) groups is 1. The number of amides is 1. The zero-order chi connectivity index (χ0) is 14.2. The van der Waals surface area contributed by atoms with E-state index < -0.39 is 15.9 Å². The molecule has 2 rings (SSSR count). The van der Waals surface area contributed by atoms with Gasteiger partial charge in [-0.3, -0.25) is 9.48 Å². The van der Waals surface area contributed by atoms with Crippen molar-refractivity contribution in [1.29, 1.82) is 0 Å². The first-order valence-corrected chi connectivity index (χ1v) is 7.71. The summed E-state index contributed by atoms with van der Waals surface area (Å²) in [7, 11) is -3.14. The minimum Gasteiger partial charge on any atom is -0.347 e. The average Bonchev–Trinajstić information content (AvgIpc) is 2.75. The molecular weight excluding hydrogens is 266 g/mol. The third kappa shape index (κ3) is 3.04. The summed E-state index contributed by atoms with van der Waals surface area (Å²) in [6.07, 6.45) is 1.50. The Balaban J connectivity index is 1.99. The molecular formula is C12H17N3O3S. The molecule has 0 aromatic carbocycles. The summed E-state index contributed by atoms with van der Waals surface area (Å²) in [5.74, 6) is -0.299. The Hall–Kier alpha value is -1.63. The molecule has 1 atom stereocenters. The van der Waals surface area contributed by atoms with E-state index in [9.17, 15) is 13.2 Å². The van der Waals surface area contributed by atoms with E-state index in [2.05, 4.69) is 10.4 Å². The standard InChI is InChI=1S/C12H17N3O3S/c1-8-9(2)14-15(10(8)3)6-12(16)13-11-4-5-19(17,18)7-11/h4-5,11H,6-7H2,1-3H3,(H,13,16)/t11-/m0/s1. The summed E-state index contributed by atoms with van der Waals surface area (Å²) < 4.78 is 24.1. The van der Waals surface area contributed by atoms with Gasteiger partial charge in [-0.05, 0) is 32.4 Å². The van der Waals surface area contributed by atoms with Crippen molar-refractivity contribution >= 4 is 15.7 Å². The minimum atomic E-state index is -3.14. The summed E-state index contributed by atoms with van der Waals surface area (Å²) in [4.78, 5) is 11.9. The van der Waals surface area contributed by atoms with Crippen LogP contribution in [0.2, 0.25) is 0 Å². The summed E-state index contributed by atoms with van der Waals surface area (Å²) in [6, 6.07) is -0.435. The Morgan fingerprint density at radius 2 is 2.16 bits per heavy atom. The second kappa shape index (κ2) is 4.80. The van der Waals surface area contributed by atoms with Gasteiger partial charge in [-0.15, -0.1) is 0 Å². The van der Waals surface area contributed by atoms with E-state index in [1.165, 1.54) is 6.08 Å². The van der Waals surface area contributed by atoms with Gasteiger partial charge >= 0.3 is 0 Å². The third-order valence-electron chi connectivity index (χ3n) is 3.31. The van der Waals surface area contributed by atoms with Gasteiger partial charge < -0.3 is 5.32 Å². The van der Waals surface area contributed by atoms with Gasteiger partial charge in [0, 0.05) is 11.1 Å². The monoisotopic (exact) mass is 283 g/mol. The fourth-order valence-corrected chi connectivity index (χ4v) is 3.23. The van der Waals surface area contributed by atoms with E-state index >= 15 is 0 Å². The van der Waals surface area contributed by atoms with Gasteiger partial charge in [0.25, 0.3) is 0 Å². The van der Waals surface area contributed by atoms with Crippen molar-refractivity contribution in [3.8, 4) is 0 Å². The van der Waals surface area contributed by atoms with Crippen molar-refractivity contribution in [2.45, 2.75) is 33.4 Å². The van der Waals surface area contributed by atoms with Crippen molar-refractivity contribution in [3.05, 3.63) is 28.4 Å². The zero-order valence-electron chi connectivity index (χ0n) is 11.2. The SMILES string of the molecule is Cc1nn(CC(=O)N[C@H]2C=CS(=O)(=O)C2)c(C)c1C. The Labute approximate surface area is 112 Å². The normalized spacial score (nSPS) is 20.7. The fourth-order valence-electron chi connectivity index (χ4n) is 1.99. The van der Waals surface area contributed by atoms with Gasteiger partial charge in [0.1, 0.15) is 6.54 Å². The highest BCUT2D eigenvalue weighted by atomic mass is 32.2. The van der Waals surface area contributed by atoms with Crippen LogP contribution in [0.4, 0.5) is 0 Å². The lowest BCUT2D eigenvalue weighted by atomic mass is 10.2. The Kier molecular flexibility index (Phi) is 3.49. The highest BCUT2D eigenvalue weighted by molar-refractivity contribution is 7.94. The molecule has 0 bridgehead atoms. The lowest BCUT2D eigenvalue weighted by Crippen LogP contribution is -2.37. The quantitative estimate of drug-likeness (QED) is 0.861. The van der Waals surface area contributed by atoms with Crippen LogP contribution in [0.1, 0.15) is 17.0 Å². The lowest BCUT2D eigenvalue weighted by Gasteiger charge is -2.10. The van der Waals surface area contributed by atoms with E-state index in [1.54, 1.807) is 4.68 Å². The van der Waals surface area contributed by atoms with Crippen LogP contribution in [0.5, 0.6) is 0 Å². The van der Waals surface area contributed by atoms with E-state index in [-0.39, 0.29) is 18.2 Å². The number of rotatable bonds is 3. The topological polar surface area (TPSA) is 81.1 Å². The second-order valence-corrected chi connectivity index (χ2v) is 6.72. The molecule has 1 aromatic rings. The predicted octanol–water partition coefficient (Wildman–Crippen LogP) is 0.235. The Bertz CT molecular complexity index is 643.